The highest BCUT2D eigenvalue weighted by Gasteiger charge is 2.11. The number of pyridine rings is 1. The van der Waals surface area contributed by atoms with E-state index >= 15 is 0 Å². The summed E-state index contributed by atoms with van der Waals surface area (Å²) in [7, 11) is 0. The van der Waals surface area contributed by atoms with Gasteiger partial charge in [0.15, 0.2) is 0 Å². The zero-order valence-corrected chi connectivity index (χ0v) is 5.74. The fourth-order valence-corrected chi connectivity index (χ4v) is 0.596. The lowest BCUT2D eigenvalue weighted by atomic mass is 10.3. The van der Waals surface area contributed by atoms with Gasteiger partial charge in [-0.3, -0.25) is 0 Å². The van der Waals surface area contributed by atoms with Gasteiger partial charge in [0.2, 0.25) is 0 Å². The van der Waals surface area contributed by atoms with Crippen molar-refractivity contribution in [2.75, 3.05) is 0 Å². The highest BCUT2D eigenvalue weighted by Crippen LogP contribution is 2.09. The standard InChI is InChI=1S/C6H5FN2O2/c1-4-2-3-5(9(10)11)8-6(4)7/h2-3H,1H3. The monoisotopic (exact) mass is 156 g/mol. The van der Waals surface area contributed by atoms with Gasteiger partial charge >= 0.3 is 11.8 Å². The fraction of sp³-hybridized carbons (Fsp3) is 0.167. The van der Waals surface area contributed by atoms with Gasteiger partial charge < -0.3 is 10.1 Å². The number of nitro groups is 1. The maximum atomic E-state index is 12.5. The zero-order valence-electron chi connectivity index (χ0n) is 5.74. The molecule has 1 aromatic rings. The number of aryl methyl sites for hydroxylation is 1. The molecule has 0 aliphatic rings. The maximum Gasteiger partial charge on any atom is 0.366 e. The molecule has 0 aliphatic carbocycles. The smallest absolute Gasteiger partial charge is 0.358 e. The number of nitrogens with zero attached hydrogens (tertiary/aromatic N) is 2. The minimum atomic E-state index is -0.792. The molecule has 0 amide bonds. The molecule has 0 bridgehead atoms. The van der Waals surface area contributed by atoms with Gasteiger partial charge in [-0.25, -0.2) is 0 Å². The van der Waals surface area contributed by atoms with Gasteiger partial charge in [0.25, 0.3) is 0 Å². The molecule has 0 N–H and O–H groups in total. The zero-order chi connectivity index (χ0) is 8.43. The molecule has 1 aromatic heterocycles. The van der Waals surface area contributed by atoms with E-state index in [0.717, 1.165) is 0 Å². The molecule has 0 radical (unpaired) electrons. The highest BCUT2D eigenvalue weighted by atomic mass is 19.1. The lowest BCUT2D eigenvalue weighted by Gasteiger charge is -1.91. The largest absolute Gasteiger partial charge is 0.366 e. The average molecular weight is 156 g/mol. The lowest BCUT2D eigenvalue weighted by Crippen LogP contribution is -1.95. The number of aromatic nitrogens is 1. The van der Waals surface area contributed by atoms with Crippen LogP contribution in [0.5, 0.6) is 0 Å². The molecule has 5 heteroatoms. The summed E-state index contributed by atoms with van der Waals surface area (Å²) in [5, 5.41) is 10.0. The second-order valence-corrected chi connectivity index (χ2v) is 2.03. The van der Waals surface area contributed by atoms with Crippen molar-refractivity contribution in [3.63, 3.8) is 0 Å². The number of hydrogen-bond acceptors (Lipinski definition) is 3. The van der Waals surface area contributed by atoms with Crippen molar-refractivity contribution in [3.8, 4) is 0 Å². The Labute approximate surface area is 61.8 Å². The van der Waals surface area contributed by atoms with E-state index < -0.39 is 16.7 Å². The first-order valence-electron chi connectivity index (χ1n) is 2.89. The molecule has 1 heterocycles. The van der Waals surface area contributed by atoms with Crippen molar-refractivity contribution in [1.82, 2.24) is 4.98 Å². The quantitative estimate of drug-likeness (QED) is 0.351. The summed E-state index contributed by atoms with van der Waals surface area (Å²) in [5.41, 5.74) is 0.301. The molecule has 0 aliphatic heterocycles. The van der Waals surface area contributed by atoms with Crippen molar-refractivity contribution in [3.05, 3.63) is 33.8 Å². The van der Waals surface area contributed by atoms with Crippen LogP contribution in [0.1, 0.15) is 5.56 Å². The van der Waals surface area contributed by atoms with Crippen molar-refractivity contribution in [2.45, 2.75) is 6.92 Å². The molecule has 11 heavy (non-hydrogen) atoms. The van der Waals surface area contributed by atoms with Gasteiger partial charge in [0.1, 0.15) is 0 Å². The molecule has 1 rings (SSSR count). The third kappa shape index (κ3) is 1.49. The molecule has 0 spiro atoms. The summed E-state index contributed by atoms with van der Waals surface area (Å²) in [5.74, 6) is -1.26. The van der Waals surface area contributed by atoms with Gasteiger partial charge in [-0.2, -0.15) is 4.39 Å². The summed E-state index contributed by atoms with van der Waals surface area (Å²) in [4.78, 5) is 12.4. The second-order valence-electron chi connectivity index (χ2n) is 2.03. The molecule has 0 atom stereocenters. The van der Waals surface area contributed by atoms with Gasteiger partial charge in [0.05, 0.1) is 0 Å². The van der Waals surface area contributed by atoms with E-state index in [4.69, 9.17) is 0 Å². The number of rotatable bonds is 1. The van der Waals surface area contributed by atoms with Crippen LogP contribution in [0.15, 0.2) is 12.1 Å². The van der Waals surface area contributed by atoms with E-state index in [1.54, 1.807) is 0 Å². The molecule has 4 nitrogen and oxygen atoms in total. The predicted octanol–water partition coefficient (Wildman–Crippen LogP) is 1.44. The summed E-state index contributed by atoms with van der Waals surface area (Å²) in [6.45, 7) is 1.49. The average Bonchev–Trinajstić information content (AvgIpc) is 1.94. The summed E-state index contributed by atoms with van der Waals surface area (Å²) >= 11 is 0. The number of hydrogen-bond donors (Lipinski definition) is 0. The van der Waals surface area contributed by atoms with Crippen molar-refractivity contribution in [1.29, 1.82) is 0 Å². The molecular weight excluding hydrogens is 151 g/mol. The Bertz CT molecular complexity index is 301. The third-order valence-electron chi connectivity index (χ3n) is 1.21. The molecule has 0 saturated heterocycles. The molecular formula is C6H5FN2O2. The first-order chi connectivity index (χ1) is 5.11. The van der Waals surface area contributed by atoms with Crippen molar-refractivity contribution >= 4 is 5.82 Å². The van der Waals surface area contributed by atoms with Gasteiger partial charge in [-0.1, -0.05) is 0 Å². The second kappa shape index (κ2) is 2.61. The van der Waals surface area contributed by atoms with Gasteiger partial charge in [0, 0.05) is 11.6 Å². The van der Waals surface area contributed by atoms with E-state index in [-0.39, 0.29) is 0 Å². The van der Waals surface area contributed by atoms with Crippen LogP contribution in [0.25, 0.3) is 0 Å². The molecule has 58 valence electrons. The normalized spacial score (nSPS) is 9.64. The van der Waals surface area contributed by atoms with Crippen LogP contribution in [-0.4, -0.2) is 9.91 Å². The van der Waals surface area contributed by atoms with Crippen molar-refractivity contribution < 1.29 is 9.31 Å². The Kier molecular flexibility index (Phi) is 1.80. The molecule has 0 fully saturated rings. The van der Waals surface area contributed by atoms with Crippen LogP contribution in [0.4, 0.5) is 10.2 Å². The summed E-state index contributed by atoms with van der Waals surface area (Å²) in [6, 6.07) is 2.49. The number of halogens is 1. The Balaban J connectivity index is 3.15. The van der Waals surface area contributed by atoms with Crippen LogP contribution >= 0.6 is 0 Å². The molecule has 0 aromatic carbocycles. The first kappa shape index (κ1) is 7.59. The van der Waals surface area contributed by atoms with E-state index in [2.05, 4.69) is 4.98 Å². The fourth-order valence-electron chi connectivity index (χ4n) is 0.596. The lowest BCUT2D eigenvalue weighted by molar-refractivity contribution is -0.389. The molecule has 0 saturated carbocycles. The van der Waals surface area contributed by atoms with E-state index in [1.165, 1.54) is 19.1 Å². The third-order valence-corrected chi connectivity index (χ3v) is 1.21. The van der Waals surface area contributed by atoms with Gasteiger partial charge in [-0.05, 0) is 22.9 Å². The first-order valence-corrected chi connectivity index (χ1v) is 2.89. The Hall–Kier alpha value is -1.52. The van der Waals surface area contributed by atoms with Crippen LogP contribution in [-0.2, 0) is 0 Å². The SMILES string of the molecule is Cc1ccc([N+](=O)[O-])nc1F. The van der Waals surface area contributed by atoms with Crippen molar-refractivity contribution in [2.24, 2.45) is 0 Å². The van der Waals surface area contributed by atoms with E-state index in [0.29, 0.717) is 5.56 Å². The van der Waals surface area contributed by atoms with Crippen LogP contribution in [0, 0.1) is 23.0 Å². The summed E-state index contributed by atoms with van der Waals surface area (Å²) in [6.07, 6.45) is 0. The highest BCUT2D eigenvalue weighted by molar-refractivity contribution is 5.22. The minimum absolute atomic E-state index is 0.301. The minimum Gasteiger partial charge on any atom is -0.358 e. The predicted molar refractivity (Wildman–Crippen MR) is 35.6 cm³/mol. The van der Waals surface area contributed by atoms with E-state index in [1.807, 2.05) is 0 Å². The Morgan fingerprint density at radius 2 is 2.27 bits per heavy atom. The van der Waals surface area contributed by atoms with E-state index in [9.17, 15) is 14.5 Å². The van der Waals surface area contributed by atoms with Crippen LogP contribution in [0.2, 0.25) is 0 Å². The Morgan fingerprint density at radius 3 is 2.73 bits per heavy atom. The summed E-state index contributed by atoms with van der Waals surface area (Å²) < 4.78 is 12.5. The Morgan fingerprint density at radius 1 is 1.64 bits per heavy atom. The van der Waals surface area contributed by atoms with Crippen LogP contribution < -0.4 is 0 Å². The maximum absolute atomic E-state index is 12.5. The van der Waals surface area contributed by atoms with Gasteiger partial charge in [-0.15, -0.1) is 0 Å². The molecule has 0 unspecified atom stereocenters. The van der Waals surface area contributed by atoms with Crippen LogP contribution in [0.3, 0.4) is 0 Å². The topological polar surface area (TPSA) is 56.0 Å².